The van der Waals surface area contributed by atoms with Crippen LogP contribution >= 0.6 is 0 Å². The normalized spacial score (nSPS) is 20.1. The lowest BCUT2D eigenvalue weighted by Crippen LogP contribution is -2.38. The first-order chi connectivity index (χ1) is 12.5. The molecule has 0 spiro atoms. The lowest BCUT2D eigenvalue weighted by Gasteiger charge is -2.19. The Labute approximate surface area is 154 Å². The predicted molar refractivity (Wildman–Crippen MR) is 98.7 cm³/mol. The van der Waals surface area contributed by atoms with E-state index in [1.165, 1.54) is 0 Å². The maximum absolute atomic E-state index is 12.3. The molecule has 2 heterocycles. The van der Waals surface area contributed by atoms with Gasteiger partial charge in [0.1, 0.15) is 0 Å². The molecule has 1 aromatic rings. The number of hydrogen-bond acceptors (Lipinski definition) is 5. The van der Waals surface area contributed by atoms with Gasteiger partial charge in [-0.25, -0.2) is 4.68 Å². The molecule has 1 aliphatic heterocycles. The summed E-state index contributed by atoms with van der Waals surface area (Å²) in [5.74, 6) is 1.65. The van der Waals surface area contributed by atoms with Crippen LogP contribution in [0.4, 0.5) is 5.95 Å². The topological polar surface area (TPSA) is 101 Å². The van der Waals surface area contributed by atoms with Crippen molar-refractivity contribution in [3.63, 3.8) is 0 Å². The van der Waals surface area contributed by atoms with Crippen LogP contribution in [0.3, 0.4) is 0 Å². The number of aromatic nitrogens is 3. The number of amides is 2. The molecular formula is C18H30N6O2. The van der Waals surface area contributed by atoms with Crippen molar-refractivity contribution < 1.29 is 9.59 Å². The number of anilines is 1. The van der Waals surface area contributed by atoms with Gasteiger partial charge in [-0.2, -0.15) is 10.1 Å². The van der Waals surface area contributed by atoms with E-state index in [2.05, 4.69) is 26.0 Å². The second kappa shape index (κ2) is 8.62. The molecule has 3 N–H and O–H groups in total. The zero-order chi connectivity index (χ0) is 18.5. The van der Waals surface area contributed by atoms with Gasteiger partial charge in [0.2, 0.25) is 17.8 Å². The number of piperidine rings is 1. The Morgan fingerprint density at radius 3 is 2.62 bits per heavy atom. The molecule has 2 amide bonds. The smallest absolute Gasteiger partial charge is 0.228 e. The SMILES string of the molecule is CC(CC(=O)Nc1nc(C2CCNCC2)nn1C)NC(=O)C1CCCC1. The molecule has 1 saturated heterocycles. The summed E-state index contributed by atoms with van der Waals surface area (Å²) in [5, 5.41) is 13.6. The molecule has 2 fully saturated rings. The third-order valence-electron chi connectivity index (χ3n) is 5.34. The maximum atomic E-state index is 12.3. The van der Waals surface area contributed by atoms with E-state index in [0.29, 0.717) is 11.9 Å². The van der Waals surface area contributed by atoms with Gasteiger partial charge in [-0.15, -0.1) is 0 Å². The molecule has 1 saturated carbocycles. The monoisotopic (exact) mass is 362 g/mol. The summed E-state index contributed by atoms with van der Waals surface area (Å²) in [7, 11) is 1.79. The van der Waals surface area contributed by atoms with Crippen molar-refractivity contribution in [2.45, 2.75) is 63.8 Å². The molecule has 0 radical (unpaired) electrons. The van der Waals surface area contributed by atoms with Crippen LogP contribution in [0.2, 0.25) is 0 Å². The highest BCUT2D eigenvalue weighted by molar-refractivity contribution is 5.90. The average molecular weight is 362 g/mol. The third-order valence-corrected chi connectivity index (χ3v) is 5.34. The fourth-order valence-electron chi connectivity index (χ4n) is 3.82. The second-order valence-corrected chi connectivity index (χ2v) is 7.58. The molecule has 1 unspecified atom stereocenters. The summed E-state index contributed by atoms with van der Waals surface area (Å²) in [6.45, 7) is 3.81. The van der Waals surface area contributed by atoms with Gasteiger partial charge < -0.3 is 10.6 Å². The van der Waals surface area contributed by atoms with Crippen molar-refractivity contribution in [2.75, 3.05) is 18.4 Å². The second-order valence-electron chi connectivity index (χ2n) is 7.58. The van der Waals surface area contributed by atoms with Crippen LogP contribution in [0.15, 0.2) is 0 Å². The zero-order valence-electron chi connectivity index (χ0n) is 15.8. The molecule has 26 heavy (non-hydrogen) atoms. The minimum atomic E-state index is -0.194. The molecular weight excluding hydrogens is 332 g/mol. The number of hydrogen-bond donors (Lipinski definition) is 3. The molecule has 0 aromatic carbocycles. The first-order valence-electron chi connectivity index (χ1n) is 9.75. The Morgan fingerprint density at radius 2 is 1.92 bits per heavy atom. The molecule has 8 heteroatoms. The van der Waals surface area contributed by atoms with Crippen LogP contribution in [0.5, 0.6) is 0 Å². The van der Waals surface area contributed by atoms with E-state index in [4.69, 9.17) is 0 Å². The largest absolute Gasteiger partial charge is 0.353 e. The van der Waals surface area contributed by atoms with Gasteiger partial charge in [0.25, 0.3) is 0 Å². The molecule has 2 aliphatic rings. The highest BCUT2D eigenvalue weighted by Crippen LogP contribution is 2.25. The Kier molecular flexibility index (Phi) is 6.24. The van der Waals surface area contributed by atoms with E-state index in [1.807, 2.05) is 6.92 Å². The number of carbonyl (C=O) groups excluding carboxylic acids is 2. The fourth-order valence-corrected chi connectivity index (χ4v) is 3.82. The van der Waals surface area contributed by atoms with E-state index in [9.17, 15) is 9.59 Å². The highest BCUT2D eigenvalue weighted by atomic mass is 16.2. The number of carbonyl (C=O) groups is 2. The summed E-state index contributed by atoms with van der Waals surface area (Å²) >= 11 is 0. The Morgan fingerprint density at radius 1 is 1.23 bits per heavy atom. The highest BCUT2D eigenvalue weighted by Gasteiger charge is 2.25. The van der Waals surface area contributed by atoms with E-state index >= 15 is 0 Å². The van der Waals surface area contributed by atoms with Crippen LogP contribution in [-0.4, -0.2) is 45.7 Å². The van der Waals surface area contributed by atoms with Crippen molar-refractivity contribution >= 4 is 17.8 Å². The fraction of sp³-hybridized carbons (Fsp3) is 0.778. The van der Waals surface area contributed by atoms with Crippen LogP contribution in [0.25, 0.3) is 0 Å². The van der Waals surface area contributed by atoms with Crippen LogP contribution < -0.4 is 16.0 Å². The number of nitrogens with zero attached hydrogens (tertiary/aromatic N) is 3. The zero-order valence-corrected chi connectivity index (χ0v) is 15.8. The first kappa shape index (κ1) is 18.8. The number of rotatable bonds is 6. The third kappa shape index (κ3) is 4.81. The van der Waals surface area contributed by atoms with Crippen molar-refractivity contribution in [2.24, 2.45) is 13.0 Å². The lowest BCUT2D eigenvalue weighted by atomic mass is 9.98. The molecule has 8 nitrogen and oxygen atoms in total. The molecule has 3 rings (SSSR count). The van der Waals surface area contributed by atoms with Gasteiger partial charge in [-0.05, 0) is 45.7 Å². The number of nitrogens with one attached hydrogen (secondary N) is 3. The average Bonchev–Trinajstić information content (AvgIpc) is 3.26. The standard InChI is InChI=1S/C18H30N6O2/c1-12(20-17(26)14-5-3-4-6-14)11-15(25)21-18-22-16(23-24(18)2)13-7-9-19-10-8-13/h12-14,19H,3-11H2,1-2H3,(H,20,26)(H,21,22,23,25). The summed E-state index contributed by atoms with van der Waals surface area (Å²) in [5.41, 5.74) is 0. The summed E-state index contributed by atoms with van der Waals surface area (Å²) in [6, 6.07) is -0.194. The van der Waals surface area contributed by atoms with Gasteiger partial charge in [0, 0.05) is 31.3 Å². The first-order valence-corrected chi connectivity index (χ1v) is 9.75. The minimum Gasteiger partial charge on any atom is -0.353 e. The summed E-state index contributed by atoms with van der Waals surface area (Å²) < 4.78 is 1.62. The minimum absolute atomic E-state index is 0.0784. The summed E-state index contributed by atoms with van der Waals surface area (Å²) in [6.07, 6.45) is 6.43. The maximum Gasteiger partial charge on any atom is 0.228 e. The van der Waals surface area contributed by atoms with Crippen LogP contribution in [-0.2, 0) is 16.6 Å². The van der Waals surface area contributed by atoms with Gasteiger partial charge >= 0.3 is 0 Å². The van der Waals surface area contributed by atoms with Crippen LogP contribution in [0.1, 0.15) is 63.6 Å². The quantitative estimate of drug-likeness (QED) is 0.708. The van der Waals surface area contributed by atoms with E-state index in [1.54, 1.807) is 11.7 Å². The van der Waals surface area contributed by atoms with Crippen molar-refractivity contribution in [1.29, 1.82) is 0 Å². The molecule has 144 valence electrons. The molecule has 0 bridgehead atoms. The Bertz CT molecular complexity index is 632. The molecule has 1 aliphatic carbocycles. The van der Waals surface area contributed by atoms with Crippen molar-refractivity contribution in [3.8, 4) is 0 Å². The van der Waals surface area contributed by atoms with Gasteiger partial charge in [0.15, 0.2) is 5.82 Å². The van der Waals surface area contributed by atoms with Gasteiger partial charge in [-0.1, -0.05) is 12.8 Å². The number of aryl methyl sites for hydroxylation is 1. The lowest BCUT2D eigenvalue weighted by molar-refractivity contribution is -0.125. The van der Waals surface area contributed by atoms with E-state index in [-0.39, 0.29) is 30.2 Å². The van der Waals surface area contributed by atoms with Crippen molar-refractivity contribution in [3.05, 3.63) is 5.82 Å². The van der Waals surface area contributed by atoms with E-state index < -0.39 is 0 Å². The Balaban J connectivity index is 1.49. The van der Waals surface area contributed by atoms with Gasteiger partial charge in [-0.3, -0.25) is 14.9 Å². The van der Waals surface area contributed by atoms with E-state index in [0.717, 1.165) is 57.4 Å². The van der Waals surface area contributed by atoms with Crippen molar-refractivity contribution in [1.82, 2.24) is 25.4 Å². The van der Waals surface area contributed by atoms with Crippen LogP contribution in [0, 0.1) is 5.92 Å². The molecule has 1 atom stereocenters. The predicted octanol–water partition coefficient (Wildman–Crippen LogP) is 1.31. The summed E-state index contributed by atoms with van der Waals surface area (Å²) in [4.78, 5) is 29.0. The van der Waals surface area contributed by atoms with Gasteiger partial charge in [0.05, 0.1) is 0 Å². The Hall–Kier alpha value is -1.96. The molecule has 1 aromatic heterocycles.